The van der Waals surface area contributed by atoms with Gasteiger partial charge >= 0.3 is 0 Å². The van der Waals surface area contributed by atoms with Crippen molar-refractivity contribution in [3.8, 4) is 0 Å². The van der Waals surface area contributed by atoms with Gasteiger partial charge in [-0.25, -0.2) is 4.98 Å². The Kier molecular flexibility index (Phi) is 3.17. The molecular weight excluding hydrogens is 196 g/mol. The van der Waals surface area contributed by atoms with E-state index in [0.717, 1.165) is 5.82 Å². The van der Waals surface area contributed by atoms with Crippen LogP contribution in [0.2, 0.25) is 0 Å². The predicted octanol–water partition coefficient (Wildman–Crippen LogP) is 3.73. The predicted molar refractivity (Wildman–Crippen MR) is 68.8 cm³/mol. The normalized spacial score (nSPS) is 17.7. The summed E-state index contributed by atoms with van der Waals surface area (Å²) < 4.78 is 0. The van der Waals surface area contributed by atoms with Crippen molar-refractivity contribution < 1.29 is 0 Å². The van der Waals surface area contributed by atoms with Gasteiger partial charge in [0.15, 0.2) is 0 Å². The molecule has 88 valence electrons. The molecule has 1 saturated carbocycles. The Bertz CT molecular complexity index is 346. The molecule has 0 saturated heterocycles. The molecular formula is C14H22N2. The molecule has 1 aromatic heterocycles. The van der Waals surface area contributed by atoms with Crippen LogP contribution in [0.5, 0.6) is 0 Å². The number of aromatic nitrogens is 1. The summed E-state index contributed by atoms with van der Waals surface area (Å²) in [6.45, 7) is 6.72. The Morgan fingerprint density at radius 3 is 2.56 bits per heavy atom. The van der Waals surface area contributed by atoms with Gasteiger partial charge in [0, 0.05) is 12.2 Å². The average molecular weight is 218 g/mol. The van der Waals surface area contributed by atoms with Crippen molar-refractivity contribution in [2.24, 2.45) is 0 Å². The molecule has 1 N–H and O–H groups in total. The maximum Gasteiger partial charge on any atom is 0.129 e. The van der Waals surface area contributed by atoms with Crippen molar-refractivity contribution in [3.63, 3.8) is 0 Å². The number of nitrogens with zero attached hydrogens (tertiary/aromatic N) is 1. The monoisotopic (exact) mass is 218 g/mol. The minimum atomic E-state index is 0.162. The molecule has 16 heavy (non-hydrogen) atoms. The highest BCUT2D eigenvalue weighted by Gasteiger charge is 2.21. The molecule has 0 atom stereocenters. The van der Waals surface area contributed by atoms with Crippen LogP contribution in [0.4, 0.5) is 5.82 Å². The van der Waals surface area contributed by atoms with E-state index in [1.807, 2.05) is 12.3 Å². The molecule has 1 aliphatic carbocycles. The summed E-state index contributed by atoms with van der Waals surface area (Å²) in [5, 5.41) is 3.60. The van der Waals surface area contributed by atoms with Crippen LogP contribution in [0.1, 0.15) is 52.0 Å². The van der Waals surface area contributed by atoms with Gasteiger partial charge < -0.3 is 5.32 Å². The van der Waals surface area contributed by atoms with Crippen LogP contribution >= 0.6 is 0 Å². The van der Waals surface area contributed by atoms with Crippen LogP contribution in [-0.2, 0) is 5.41 Å². The zero-order valence-corrected chi connectivity index (χ0v) is 10.6. The van der Waals surface area contributed by atoms with E-state index < -0.39 is 0 Å². The molecule has 1 fully saturated rings. The lowest BCUT2D eigenvalue weighted by atomic mass is 9.87. The van der Waals surface area contributed by atoms with Crippen LogP contribution in [0.3, 0.4) is 0 Å². The molecule has 2 rings (SSSR count). The Morgan fingerprint density at radius 1 is 1.25 bits per heavy atom. The van der Waals surface area contributed by atoms with Crippen LogP contribution in [0.15, 0.2) is 18.3 Å². The molecule has 0 aliphatic heterocycles. The first kappa shape index (κ1) is 11.4. The van der Waals surface area contributed by atoms with Crippen molar-refractivity contribution in [1.29, 1.82) is 0 Å². The van der Waals surface area contributed by atoms with E-state index in [4.69, 9.17) is 0 Å². The zero-order valence-electron chi connectivity index (χ0n) is 10.6. The number of hydrogen-bond acceptors (Lipinski definition) is 2. The minimum absolute atomic E-state index is 0.162. The van der Waals surface area contributed by atoms with Gasteiger partial charge in [-0.05, 0) is 29.9 Å². The first-order chi connectivity index (χ1) is 7.57. The summed E-state index contributed by atoms with van der Waals surface area (Å²) in [6, 6.07) is 4.85. The second-order valence-electron chi connectivity index (χ2n) is 5.78. The summed E-state index contributed by atoms with van der Waals surface area (Å²) in [7, 11) is 0. The Hall–Kier alpha value is -1.05. The topological polar surface area (TPSA) is 24.9 Å². The van der Waals surface area contributed by atoms with Gasteiger partial charge in [0.25, 0.3) is 0 Å². The fourth-order valence-corrected chi connectivity index (χ4v) is 2.39. The van der Waals surface area contributed by atoms with Gasteiger partial charge in [-0.1, -0.05) is 39.7 Å². The van der Waals surface area contributed by atoms with Gasteiger partial charge in [0.05, 0.1) is 0 Å². The molecule has 0 bridgehead atoms. The third kappa shape index (κ3) is 2.55. The van der Waals surface area contributed by atoms with Crippen LogP contribution in [0, 0.1) is 0 Å². The van der Waals surface area contributed by atoms with E-state index in [2.05, 4.69) is 37.1 Å². The van der Waals surface area contributed by atoms with Crippen molar-refractivity contribution in [2.45, 2.75) is 57.9 Å². The molecule has 0 spiro atoms. The zero-order chi connectivity index (χ0) is 11.6. The summed E-state index contributed by atoms with van der Waals surface area (Å²) >= 11 is 0. The molecule has 0 radical (unpaired) electrons. The molecule has 0 unspecified atom stereocenters. The molecule has 1 aliphatic rings. The van der Waals surface area contributed by atoms with E-state index in [1.165, 1.54) is 31.2 Å². The second kappa shape index (κ2) is 4.44. The summed E-state index contributed by atoms with van der Waals surface area (Å²) in [6.07, 6.45) is 7.18. The largest absolute Gasteiger partial charge is 0.367 e. The Morgan fingerprint density at radius 2 is 1.94 bits per heavy atom. The molecule has 1 aromatic rings. The first-order valence-electron chi connectivity index (χ1n) is 6.29. The van der Waals surface area contributed by atoms with Gasteiger partial charge in [0.2, 0.25) is 0 Å². The lowest BCUT2D eigenvalue weighted by molar-refractivity contribution is 0.587. The first-order valence-corrected chi connectivity index (χ1v) is 6.29. The Labute approximate surface area is 98.5 Å². The number of nitrogens with one attached hydrogen (secondary N) is 1. The number of rotatable bonds is 2. The highest BCUT2D eigenvalue weighted by Crippen LogP contribution is 2.30. The van der Waals surface area contributed by atoms with Crippen LogP contribution in [-0.4, -0.2) is 11.0 Å². The van der Waals surface area contributed by atoms with E-state index in [0.29, 0.717) is 6.04 Å². The average Bonchev–Trinajstić information content (AvgIpc) is 2.70. The highest BCUT2D eigenvalue weighted by atomic mass is 15.0. The third-order valence-electron chi connectivity index (χ3n) is 3.31. The quantitative estimate of drug-likeness (QED) is 0.818. The summed E-state index contributed by atoms with van der Waals surface area (Å²) in [5.41, 5.74) is 1.48. The molecule has 2 nitrogen and oxygen atoms in total. The molecule has 1 heterocycles. The minimum Gasteiger partial charge on any atom is -0.367 e. The van der Waals surface area contributed by atoms with Crippen molar-refractivity contribution in [1.82, 2.24) is 4.98 Å². The lowest BCUT2D eigenvalue weighted by Gasteiger charge is -2.24. The maximum atomic E-state index is 4.50. The number of pyridine rings is 1. The fraction of sp³-hybridized carbons (Fsp3) is 0.643. The molecule has 2 heteroatoms. The van der Waals surface area contributed by atoms with E-state index in [9.17, 15) is 0 Å². The number of anilines is 1. The number of hydrogen-bond donors (Lipinski definition) is 1. The van der Waals surface area contributed by atoms with E-state index in [-0.39, 0.29) is 5.41 Å². The van der Waals surface area contributed by atoms with Crippen LogP contribution < -0.4 is 5.32 Å². The Balaban J connectivity index is 2.19. The highest BCUT2D eigenvalue weighted by molar-refractivity contribution is 5.48. The second-order valence-corrected chi connectivity index (χ2v) is 5.78. The smallest absolute Gasteiger partial charge is 0.129 e. The molecule has 0 amide bonds. The summed E-state index contributed by atoms with van der Waals surface area (Å²) in [5.74, 6) is 1.09. The van der Waals surface area contributed by atoms with Crippen LogP contribution in [0.25, 0.3) is 0 Å². The fourth-order valence-electron chi connectivity index (χ4n) is 2.39. The maximum absolute atomic E-state index is 4.50. The van der Waals surface area contributed by atoms with E-state index in [1.54, 1.807) is 0 Å². The third-order valence-corrected chi connectivity index (χ3v) is 3.31. The van der Waals surface area contributed by atoms with E-state index >= 15 is 0 Å². The summed E-state index contributed by atoms with van der Waals surface area (Å²) in [4.78, 5) is 4.50. The molecule has 0 aromatic carbocycles. The lowest BCUT2D eigenvalue weighted by Crippen LogP contribution is -2.21. The van der Waals surface area contributed by atoms with Crippen molar-refractivity contribution >= 4 is 5.82 Å². The van der Waals surface area contributed by atoms with Crippen molar-refractivity contribution in [3.05, 3.63) is 23.9 Å². The van der Waals surface area contributed by atoms with Crippen molar-refractivity contribution in [2.75, 3.05) is 5.32 Å². The SMILES string of the molecule is CC(C)(C)c1cccnc1NC1CCCC1. The van der Waals surface area contributed by atoms with Gasteiger partial charge in [0.1, 0.15) is 5.82 Å². The van der Waals surface area contributed by atoms with Gasteiger partial charge in [-0.2, -0.15) is 0 Å². The van der Waals surface area contributed by atoms with Gasteiger partial charge in [-0.15, -0.1) is 0 Å². The van der Waals surface area contributed by atoms with Gasteiger partial charge in [-0.3, -0.25) is 0 Å². The standard InChI is InChI=1S/C14H22N2/c1-14(2,3)12-9-6-10-15-13(12)16-11-7-4-5-8-11/h6,9-11H,4-5,7-8H2,1-3H3,(H,15,16).